The zero-order valence-electron chi connectivity index (χ0n) is 10.8. The Morgan fingerprint density at radius 1 is 1.32 bits per heavy atom. The maximum Gasteiger partial charge on any atom is 0.260 e. The number of benzene rings is 1. The van der Waals surface area contributed by atoms with Crippen LogP contribution in [0.15, 0.2) is 22.7 Å². The molecule has 1 aromatic heterocycles. The normalized spacial score (nSPS) is 16.7. The van der Waals surface area contributed by atoms with Crippen molar-refractivity contribution in [1.82, 2.24) is 15.5 Å². The lowest BCUT2D eigenvalue weighted by Crippen LogP contribution is -2.27. The summed E-state index contributed by atoms with van der Waals surface area (Å²) < 4.78 is 19.1. The molecule has 1 fully saturated rings. The molecule has 2 heterocycles. The van der Waals surface area contributed by atoms with Crippen LogP contribution in [0.4, 0.5) is 4.39 Å². The van der Waals surface area contributed by atoms with Gasteiger partial charge in [-0.15, -0.1) is 0 Å². The van der Waals surface area contributed by atoms with Gasteiger partial charge in [0.15, 0.2) is 5.82 Å². The highest BCUT2D eigenvalue weighted by Gasteiger charge is 2.22. The molecule has 2 aromatic rings. The number of aromatic nitrogens is 2. The lowest BCUT2D eigenvalue weighted by Gasteiger charge is -2.18. The summed E-state index contributed by atoms with van der Waals surface area (Å²) in [6.07, 6.45) is 1.99. The summed E-state index contributed by atoms with van der Waals surface area (Å²) in [5.74, 6) is 0.954. The second-order valence-corrected chi connectivity index (χ2v) is 4.97. The van der Waals surface area contributed by atoms with Crippen molar-refractivity contribution < 1.29 is 8.91 Å². The topological polar surface area (TPSA) is 51.0 Å². The minimum atomic E-state index is -0.319. The van der Waals surface area contributed by atoms with Crippen LogP contribution < -0.4 is 5.32 Å². The van der Waals surface area contributed by atoms with Crippen LogP contribution in [0.2, 0.25) is 0 Å². The second kappa shape index (κ2) is 5.09. The lowest BCUT2D eigenvalue weighted by atomic mass is 9.98. The van der Waals surface area contributed by atoms with Crippen molar-refractivity contribution in [2.75, 3.05) is 13.1 Å². The van der Waals surface area contributed by atoms with Crippen molar-refractivity contribution in [2.24, 2.45) is 0 Å². The molecule has 4 nitrogen and oxygen atoms in total. The van der Waals surface area contributed by atoms with Gasteiger partial charge in [0.1, 0.15) is 5.82 Å². The fourth-order valence-corrected chi connectivity index (χ4v) is 2.38. The summed E-state index contributed by atoms with van der Waals surface area (Å²) >= 11 is 0. The summed E-state index contributed by atoms with van der Waals surface area (Å²) in [5.41, 5.74) is 1.25. The van der Waals surface area contributed by atoms with Gasteiger partial charge in [-0.05, 0) is 50.6 Å². The van der Waals surface area contributed by atoms with Gasteiger partial charge in [0.05, 0.1) is 5.56 Å². The number of halogens is 1. The molecule has 100 valence electrons. The molecule has 1 aliphatic rings. The van der Waals surface area contributed by atoms with Crippen molar-refractivity contribution >= 4 is 0 Å². The van der Waals surface area contributed by atoms with Crippen LogP contribution in [0.3, 0.4) is 0 Å². The van der Waals surface area contributed by atoms with E-state index in [-0.39, 0.29) is 11.7 Å². The Labute approximate surface area is 111 Å². The van der Waals surface area contributed by atoms with Gasteiger partial charge in [0, 0.05) is 5.92 Å². The fraction of sp³-hybridized carbons (Fsp3) is 0.429. The first-order valence-electron chi connectivity index (χ1n) is 6.55. The average Bonchev–Trinajstić information content (AvgIpc) is 2.89. The molecule has 0 bridgehead atoms. The van der Waals surface area contributed by atoms with E-state index in [1.54, 1.807) is 6.07 Å². The highest BCUT2D eigenvalue weighted by atomic mass is 19.1. The van der Waals surface area contributed by atoms with Crippen LogP contribution in [0.5, 0.6) is 0 Å². The van der Waals surface area contributed by atoms with Crippen molar-refractivity contribution in [3.63, 3.8) is 0 Å². The molecule has 1 aromatic carbocycles. The third-order valence-corrected chi connectivity index (χ3v) is 3.50. The summed E-state index contributed by atoms with van der Waals surface area (Å²) in [7, 11) is 0. The quantitative estimate of drug-likeness (QED) is 0.903. The standard InChI is InChI=1S/C14H16FN3O/c1-9-2-3-11(12(15)8-9)14-17-13(18-19-14)10-4-6-16-7-5-10/h2-3,8,10,16H,4-7H2,1H3. The molecular weight excluding hydrogens is 245 g/mol. The highest BCUT2D eigenvalue weighted by Crippen LogP contribution is 2.27. The van der Waals surface area contributed by atoms with Crippen LogP contribution >= 0.6 is 0 Å². The van der Waals surface area contributed by atoms with Gasteiger partial charge >= 0.3 is 0 Å². The number of aryl methyl sites for hydroxylation is 1. The van der Waals surface area contributed by atoms with Crippen LogP contribution in [-0.2, 0) is 0 Å². The molecule has 1 N–H and O–H groups in total. The van der Waals surface area contributed by atoms with Gasteiger partial charge in [-0.2, -0.15) is 4.98 Å². The van der Waals surface area contributed by atoms with Gasteiger partial charge in [0.25, 0.3) is 5.89 Å². The SMILES string of the molecule is Cc1ccc(-c2nc(C3CCNCC3)no2)c(F)c1. The molecule has 0 spiro atoms. The van der Waals surface area contributed by atoms with E-state index >= 15 is 0 Å². The Morgan fingerprint density at radius 3 is 2.84 bits per heavy atom. The molecule has 0 radical (unpaired) electrons. The zero-order chi connectivity index (χ0) is 13.2. The number of hydrogen-bond acceptors (Lipinski definition) is 4. The van der Waals surface area contributed by atoms with E-state index in [9.17, 15) is 4.39 Å². The van der Waals surface area contributed by atoms with Gasteiger partial charge in [-0.3, -0.25) is 0 Å². The van der Waals surface area contributed by atoms with Crippen molar-refractivity contribution in [3.8, 4) is 11.5 Å². The number of nitrogens with zero attached hydrogens (tertiary/aromatic N) is 2. The molecule has 0 unspecified atom stereocenters. The van der Waals surface area contributed by atoms with Crippen LogP contribution in [0.25, 0.3) is 11.5 Å². The number of hydrogen-bond donors (Lipinski definition) is 1. The van der Waals surface area contributed by atoms with Gasteiger partial charge in [0.2, 0.25) is 0 Å². The van der Waals surface area contributed by atoms with Crippen molar-refractivity contribution in [1.29, 1.82) is 0 Å². The van der Waals surface area contributed by atoms with Crippen molar-refractivity contribution in [2.45, 2.75) is 25.7 Å². The van der Waals surface area contributed by atoms with Crippen molar-refractivity contribution in [3.05, 3.63) is 35.4 Å². The van der Waals surface area contributed by atoms with E-state index in [4.69, 9.17) is 4.52 Å². The number of rotatable bonds is 2. The molecule has 1 aliphatic heterocycles. The molecule has 1 saturated heterocycles. The maximum atomic E-state index is 13.8. The lowest BCUT2D eigenvalue weighted by molar-refractivity contribution is 0.391. The molecule has 5 heteroatoms. The summed E-state index contributed by atoms with van der Waals surface area (Å²) in [4.78, 5) is 4.35. The van der Waals surface area contributed by atoms with Gasteiger partial charge in [-0.25, -0.2) is 4.39 Å². The van der Waals surface area contributed by atoms with E-state index in [0.29, 0.717) is 17.3 Å². The van der Waals surface area contributed by atoms with Crippen LogP contribution in [0.1, 0.15) is 30.1 Å². The first-order valence-corrected chi connectivity index (χ1v) is 6.55. The largest absolute Gasteiger partial charge is 0.334 e. The Balaban J connectivity index is 1.87. The Hall–Kier alpha value is -1.75. The number of nitrogens with one attached hydrogen (secondary N) is 1. The van der Waals surface area contributed by atoms with E-state index < -0.39 is 0 Å². The molecule has 0 saturated carbocycles. The Morgan fingerprint density at radius 2 is 2.11 bits per heavy atom. The predicted octanol–water partition coefficient (Wildman–Crippen LogP) is 2.65. The van der Waals surface area contributed by atoms with E-state index in [1.807, 2.05) is 13.0 Å². The molecule has 0 atom stereocenters. The first kappa shape index (κ1) is 12.3. The molecular formula is C14H16FN3O. The highest BCUT2D eigenvalue weighted by molar-refractivity contribution is 5.54. The molecule has 19 heavy (non-hydrogen) atoms. The molecule has 3 rings (SSSR count). The van der Waals surface area contributed by atoms with E-state index in [0.717, 1.165) is 31.5 Å². The van der Waals surface area contributed by atoms with Gasteiger partial charge < -0.3 is 9.84 Å². The maximum absolute atomic E-state index is 13.8. The van der Waals surface area contributed by atoms with Gasteiger partial charge in [-0.1, -0.05) is 11.2 Å². The van der Waals surface area contributed by atoms with Crippen LogP contribution in [0, 0.1) is 12.7 Å². The molecule has 0 amide bonds. The third kappa shape index (κ3) is 2.51. The van der Waals surface area contributed by atoms with E-state index in [1.165, 1.54) is 6.07 Å². The minimum absolute atomic E-state index is 0.269. The Kier molecular flexibility index (Phi) is 3.29. The molecule has 0 aliphatic carbocycles. The fourth-order valence-electron chi connectivity index (χ4n) is 2.38. The Bertz CT molecular complexity index is 576. The van der Waals surface area contributed by atoms with E-state index in [2.05, 4.69) is 15.5 Å². The summed E-state index contributed by atoms with van der Waals surface area (Å²) in [5, 5.41) is 7.29. The minimum Gasteiger partial charge on any atom is -0.334 e. The summed E-state index contributed by atoms with van der Waals surface area (Å²) in [6.45, 7) is 3.78. The third-order valence-electron chi connectivity index (χ3n) is 3.50. The zero-order valence-corrected chi connectivity index (χ0v) is 10.8. The average molecular weight is 261 g/mol. The monoisotopic (exact) mass is 261 g/mol. The summed E-state index contributed by atoms with van der Waals surface area (Å²) in [6, 6.07) is 5.00. The first-order chi connectivity index (χ1) is 9.24. The smallest absolute Gasteiger partial charge is 0.260 e. The van der Waals surface area contributed by atoms with Crippen LogP contribution in [-0.4, -0.2) is 23.2 Å². The second-order valence-electron chi connectivity index (χ2n) is 4.97. The number of piperidine rings is 1. The predicted molar refractivity (Wildman–Crippen MR) is 69.3 cm³/mol.